The number of halogens is 1. The molecule has 1 aromatic heterocycles. The normalized spacial score (nSPS) is 16.9. The van der Waals surface area contributed by atoms with E-state index < -0.39 is 11.1 Å². The minimum absolute atomic E-state index is 0.0251. The van der Waals surface area contributed by atoms with Gasteiger partial charge in [-0.25, -0.2) is 9.29 Å². The molecule has 2 aromatic carbocycles. The Labute approximate surface area is 158 Å². The van der Waals surface area contributed by atoms with Crippen LogP contribution in [0.1, 0.15) is 17.9 Å². The van der Waals surface area contributed by atoms with Crippen molar-refractivity contribution in [2.45, 2.75) is 23.3 Å². The van der Waals surface area contributed by atoms with Gasteiger partial charge in [-0.3, -0.25) is 9.59 Å². The van der Waals surface area contributed by atoms with Gasteiger partial charge in [0.05, 0.1) is 12.1 Å². The Bertz CT molecular complexity index is 975. The van der Waals surface area contributed by atoms with Crippen LogP contribution in [0.3, 0.4) is 0 Å². The molecule has 3 aromatic rings. The van der Waals surface area contributed by atoms with E-state index in [2.05, 4.69) is 10.2 Å². The zero-order chi connectivity index (χ0) is 18.8. The lowest BCUT2D eigenvalue weighted by Gasteiger charge is -2.14. The van der Waals surface area contributed by atoms with Crippen LogP contribution < -0.4 is 4.90 Å². The maximum Gasteiger partial charge on any atom is 0.277 e. The Morgan fingerprint density at radius 1 is 1.07 bits per heavy atom. The predicted octanol–water partition coefficient (Wildman–Crippen LogP) is 3.22. The van der Waals surface area contributed by atoms with Crippen molar-refractivity contribution >= 4 is 29.3 Å². The minimum Gasteiger partial charge on any atom is -0.416 e. The lowest BCUT2D eigenvalue weighted by atomic mass is 10.2. The number of thioether (sulfide) groups is 1. The number of benzene rings is 2. The van der Waals surface area contributed by atoms with Gasteiger partial charge in [-0.05, 0) is 29.8 Å². The average Bonchev–Trinajstić information content (AvgIpc) is 3.21. The smallest absolute Gasteiger partial charge is 0.277 e. The summed E-state index contributed by atoms with van der Waals surface area (Å²) in [5.74, 6) is -0.705. The van der Waals surface area contributed by atoms with Crippen molar-refractivity contribution in [1.82, 2.24) is 10.2 Å². The van der Waals surface area contributed by atoms with Crippen LogP contribution in [-0.2, 0) is 16.0 Å². The van der Waals surface area contributed by atoms with Crippen molar-refractivity contribution in [3.05, 3.63) is 71.9 Å². The van der Waals surface area contributed by atoms with Gasteiger partial charge >= 0.3 is 0 Å². The molecule has 0 aliphatic carbocycles. The van der Waals surface area contributed by atoms with Gasteiger partial charge in [0.15, 0.2) is 0 Å². The molecular weight excluding hydrogens is 369 g/mol. The Hall–Kier alpha value is -3.00. The van der Waals surface area contributed by atoms with Crippen molar-refractivity contribution in [3.8, 4) is 0 Å². The van der Waals surface area contributed by atoms with Crippen LogP contribution in [0, 0.1) is 5.82 Å². The second-order valence-electron chi connectivity index (χ2n) is 5.98. The maximum atomic E-state index is 13.1. The van der Waals surface area contributed by atoms with Gasteiger partial charge in [-0.15, -0.1) is 10.2 Å². The van der Waals surface area contributed by atoms with E-state index in [-0.39, 0.29) is 23.5 Å². The maximum absolute atomic E-state index is 13.1. The first-order valence-electron chi connectivity index (χ1n) is 8.25. The molecule has 0 bridgehead atoms. The molecule has 6 nitrogen and oxygen atoms in total. The summed E-state index contributed by atoms with van der Waals surface area (Å²) in [6.45, 7) is 0. The van der Waals surface area contributed by atoms with Crippen molar-refractivity contribution in [3.63, 3.8) is 0 Å². The SMILES string of the molecule is O=C1CC(Sc2nnc(Cc3ccccc3)o2)C(=O)N1c1ccc(F)cc1. The van der Waals surface area contributed by atoms with Gasteiger partial charge in [0, 0.05) is 6.42 Å². The molecular formula is C19H14FN3O3S. The Balaban J connectivity index is 1.45. The molecule has 4 rings (SSSR count). The molecule has 1 fully saturated rings. The summed E-state index contributed by atoms with van der Waals surface area (Å²) in [6, 6.07) is 14.9. The molecule has 0 spiro atoms. The van der Waals surface area contributed by atoms with E-state index >= 15 is 0 Å². The number of anilines is 1. The van der Waals surface area contributed by atoms with Crippen LogP contribution in [0.15, 0.2) is 64.2 Å². The zero-order valence-corrected chi connectivity index (χ0v) is 14.9. The summed E-state index contributed by atoms with van der Waals surface area (Å²) in [6.07, 6.45) is 0.519. The molecule has 0 radical (unpaired) electrons. The molecule has 136 valence electrons. The highest BCUT2D eigenvalue weighted by Gasteiger charge is 2.41. The highest BCUT2D eigenvalue weighted by atomic mass is 32.2. The van der Waals surface area contributed by atoms with E-state index in [4.69, 9.17) is 4.42 Å². The van der Waals surface area contributed by atoms with Gasteiger partial charge in [0.25, 0.3) is 5.22 Å². The number of amides is 2. The quantitative estimate of drug-likeness (QED) is 0.630. The van der Waals surface area contributed by atoms with Gasteiger partial charge < -0.3 is 4.42 Å². The lowest BCUT2D eigenvalue weighted by molar-refractivity contribution is -0.121. The topological polar surface area (TPSA) is 76.3 Å². The average molecular weight is 383 g/mol. The molecule has 1 unspecified atom stereocenters. The van der Waals surface area contributed by atoms with Gasteiger partial charge in [0.2, 0.25) is 17.7 Å². The molecule has 0 N–H and O–H groups in total. The predicted molar refractivity (Wildman–Crippen MR) is 96.7 cm³/mol. The minimum atomic E-state index is -0.646. The third kappa shape index (κ3) is 3.75. The molecule has 2 heterocycles. The van der Waals surface area contributed by atoms with Crippen LogP contribution in [0.5, 0.6) is 0 Å². The number of carbonyl (C=O) groups excluding carboxylic acids is 2. The third-order valence-electron chi connectivity index (χ3n) is 4.08. The van der Waals surface area contributed by atoms with Gasteiger partial charge in [-0.1, -0.05) is 42.1 Å². The second kappa shape index (κ2) is 7.32. The molecule has 1 atom stereocenters. The number of aromatic nitrogens is 2. The summed E-state index contributed by atoms with van der Waals surface area (Å²) in [5.41, 5.74) is 1.39. The summed E-state index contributed by atoms with van der Waals surface area (Å²) in [5, 5.41) is 7.55. The van der Waals surface area contributed by atoms with E-state index in [1.54, 1.807) is 0 Å². The fourth-order valence-electron chi connectivity index (χ4n) is 2.81. The number of hydrogen-bond acceptors (Lipinski definition) is 6. The molecule has 1 saturated heterocycles. The van der Waals surface area contributed by atoms with Crippen molar-refractivity contribution in [1.29, 1.82) is 0 Å². The highest BCUT2D eigenvalue weighted by molar-refractivity contribution is 8.00. The van der Waals surface area contributed by atoms with Crippen molar-refractivity contribution in [2.24, 2.45) is 0 Å². The summed E-state index contributed by atoms with van der Waals surface area (Å²) < 4.78 is 18.7. The summed E-state index contributed by atoms with van der Waals surface area (Å²) in [4.78, 5) is 25.9. The molecule has 2 amide bonds. The van der Waals surface area contributed by atoms with Crippen LogP contribution in [0.2, 0.25) is 0 Å². The largest absolute Gasteiger partial charge is 0.416 e. The first-order valence-corrected chi connectivity index (χ1v) is 9.13. The Morgan fingerprint density at radius 3 is 2.56 bits per heavy atom. The summed E-state index contributed by atoms with van der Waals surface area (Å²) >= 11 is 1.07. The number of nitrogens with zero attached hydrogens (tertiary/aromatic N) is 3. The molecule has 0 saturated carbocycles. The summed E-state index contributed by atoms with van der Waals surface area (Å²) in [7, 11) is 0. The van der Waals surface area contributed by atoms with E-state index in [1.807, 2.05) is 30.3 Å². The molecule has 8 heteroatoms. The highest BCUT2D eigenvalue weighted by Crippen LogP contribution is 2.33. The van der Waals surface area contributed by atoms with Crippen LogP contribution >= 0.6 is 11.8 Å². The van der Waals surface area contributed by atoms with Crippen LogP contribution in [0.4, 0.5) is 10.1 Å². The van der Waals surface area contributed by atoms with E-state index in [0.29, 0.717) is 18.0 Å². The number of hydrogen-bond donors (Lipinski definition) is 0. The molecule has 27 heavy (non-hydrogen) atoms. The van der Waals surface area contributed by atoms with Gasteiger partial charge in [0.1, 0.15) is 11.1 Å². The molecule has 1 aliphatic heterocycles. The number of rotatable bonds is 5. The first-order chi connectivity index (χ1) is 13.1. The first kappa shape index (κ1) is 17.4. The van der Waals surface area contributed by atoms with Gasteiger partial charge in [-0.2, -0.15) is 0 Å². The van der Waals surface area contributed by atoms with E-state index in [9.17, 15) is 14.0 Å². The Kier molecular flexibility index (Phi) is 4.72. The number of carbonyl (C=O) groups is 2. The standard InChI is InChI=1S/C19H14FN3O3S/c20-13-6-8-14(9-7-13)23-17(24)11-15(18(23)25)27-19-22-21-16(26-19)10-12-4-2-1-3-5-12/h1-9,15H,10-11H2. The van der Waals surface area contributed by atoms with E-state index in [1.165, 1.54) is 24.3 Å². The van der Waals surface area contributed by atoms with Crippen LogP contribution in [-0.4, -0.2) is 27.3 Å². The third-order valence-corrected chi connectivity index (χ3v) is 5.10. The molecule has 1 aliphatic rings. The Morgan fingerprint density at radius 2 is 1.81 bits per heavy atom. The van der Waals surface area contributed by atoms with E-state index in [0.717, 1.165) is 22.2 Å². The number of imide groups is 1. The fourth-order valence-corrected chi connectivity index (χ4v) is 3.71. The van der Waals surface area contributed by atoms with Crippen LogP contribution in [0.25, 0.3) is 0 Å². The lowest BCUT2D eigenvalue weighted by Crippen LogP contribution is -2.31. The monoisotopic (exact) mass is 383 g/mol. The van der Waals surface area contributed by atoms with Crippen molar-refractivity contribution in [2.75, 3.05) is 4.90 Å². The van der Waals surface area contributed by atoms with Crippen molar-refractivity contribution < 1.29 is 18.4 Å². The zero-order valence-electron chi connectivity index (χ0n) is 14.0. The second-order valence-corrected chi connectivity index (χ2v) is 7.13. The fraction of sp³-hybridized carbons (Fsp3) is 0.158.